The second-order valence-corrected chi connectivity index (χ2v) is 6.05. The van der Waals surface area contributed by atoms with E-state index >= 15 is 0 Å². The summed E-state index contributed by atoms with van der Waals surface area (Å²) < 4.78 is 11.6. The van der Waals surface area contributed by atoms with Crippen molar-refractivity contribution in [2.45, 2.75) is 25.7 Å². The summed E-state index contributed by atoms with van der Waals surface area (Å²) in [6.45, 7) is 1.38. The van der Waals surface area contributed by atoms with Gasteiger partial charge in [-0.05, 0) is 37.6 Å². The Morgan fingerprint density at radius 2 is 1.72 bits per heavy atom. The number of nitrogens with two attached hydrogens (primary N) is 1. The zero-order chi connectivity index (χ0) is 17.5. The van der Waals surface area contributed by atoms with E-state index in [4.69, 9.17) is 14.9 Å². The van der Waals surface area contributed by atoms with E-state index in [2.05, 4.69) is 0 Å². The minimum absolute atomic E-state index is 0.0616. The summed E-state index contributed by atoms with van der Waals surface area (Å²) >= 11 is 0. The van der Waals surface area contributed by atoms with E-state index in [9.17, 15) is 4.79 Å². The van der Waals surface area contributed by atoms with Crippen LogP contribution in [-0.2, 0) is 0 Å². The summed E-state index contributed by atoms with van der Waals surface area (Å²) in [6.07, 6.45) is 4.27. The van der Waals surface area contributed by atoms with Crippen LogP contribution in [0.5, 0.6) is 5.75 Å². The van der Waals surface area contributed by atoms with Gasteiger partial charge in [0.2, 0.25) is 0 Å². The van der Waals surface area contributed by atoms with Crippen molar-refractivity contribution in [2.24, 2.45) is 5.73 Å². The van der Waals surface area contributed by atoms with Gasteiger partial charge in [0.1, 0.15) is 17.1 Å². The quantitative estimate of drug-likeness (QED) is 0.620. The zero-order valence-corrected chi connectivity index (χ0v) is 14.2. The first-order chi connectivity index (χ1) is 12.3. The number of fused-ring (bicyclic) bond motifs is 1. The lowest BCUT2D eigenvalue weighted by atomic mass is 10.1. The first-order valence-electron chi connectivity index (χ1n) is 8.74. The summed E-state index contributed by atoms with van der Waals surface area (Å²) in [5.74, 6) is 1.28. The predicted molar refractivity (Wildman–Crippen MR) is 101 cm³/mol. The van der Waals surface area contributed by atoms with Gasteiger partial charge in [-0.1, -0.05) is 43.2 Å². The third kappa shape index (κ3) is 4.48. The van der Waals surface area contributed by atoms with Crippen LogP contribution >= 0.6 is 0 Å². The van der Waals surface area contributed by atoms with Gasteiger partial charge in [0.15, 0.2) is 5.43 Å². The molecular weight excluding hydrogens is 314 g/mol. The van der Waals surface area contributed by atoms with Crippen LogP contribution in [0.3, 0.4) is 0 Å². The van der Waals surface area contributed by atoms with Crippen LogP contribution in [0.4, 0.5) is 0 Å². The van der Waals surface area contributed by atoms with E-state index in [1.165, 1.54) is 6.07 Å². The van der Waals surface area contributed by atoms with Gasteiger partial charge in [-0.15, -0.1) is 0 Å². The number of unbranched alkanes of at least 4 members (excludes halogenated alkanes) is 3. The van der Waals surface area contributed by atoms with E-state index in [0.717, 1.165) is 37.8 Å². The SMILES string of the molecule is NCCCCCCOc1ccc2oc(-c3ccccc3)cc(=O)c2c1. The largest absolute Gasteiger partial charge is 0.494 e. The molecule has 0 aliphatic rings. The van der Waals surface area contributed by atoms with Crippen molar-refractivity contribution in [3.05, 3.63) is 64.8 Å². The second kappa shape index (κ2) is 8.49. The van der Waals surface area contributed by atoms with Gasteiger partial charge in [0.25, 0.3) is 0 Å². The number of rotatable bonds is 8. The highest BCUT2D eigenvalue weighted by Crippen LogP contribution is 2.24. The maximum atomic E-state index is 12.4. The third-order valence-corrected chi connectivity index (χ3v) is 4.12. The average molecular weight is 337 g/mol. The van der Waals surface area contributed by atoms with Crippen LogP contribution in [0.25, 0.3) is 22.3 Å². The summed E-state index contributed by atoms with van der Waals surface area (Å²) in [5, 5.41) is 0.542. The number of hydrogen-bond donors (Lipinski definition) is 1. The van der Waals surface area contributed by atoms with Crippen molar-refractivity contribution in [1.29, 1.82) is 0 Å². The summed E-state index contributed by atoms with van der Waals surface area (Å²) in [7, 11) is 0. The van der Waals surface area contributed by atoms with Crippen LogP contribution in [0.15, 0.2) is 63.8 Å². The first-order valence-corrected chi connectivity index (χ1v) is 8.74. The van der Waals surface area contributed by atoms with Crippen molar-refractivity contribution < 1.29 is 9.15 Å². The molecule has 1 heterocycles. The summed E-state index contributed by atoms with van der Waals surface area (Å²) in [4.78, 5) is 12.4. The van der Waals surface area contributed by atoms with Gasteiger partial charge in [0.05, 0.1) is 12.0 Å². The lowest BCUT2D eigenvalue weighted by Gasteiger charge is -2.08. The molecule has 0 atom stereocenters. The van der Waals surface area contributed by atoms with Gasteiger partial charge in [0, 0.05) is 11.6 Å². The molecule has 0 fully saturated rings. The van der Waals surface area contributed by atoms with Gasteiger partial charge in [-0.25, -0.2) is 0 Å². The Kier molecular flexibility index (Phi) is 5.86. The average Bonchev–Trinajstić information content (AvgIpc) is 2.65. The maximum Gasteiger partial charge on any atom is 0.193 e. The molecule has 4 nitrogen and oxygen atoms in total. The van der Waals surface area contributed by atoms with E-state index < -0.39 is 0 Å². The molecular formula is C21H23NO3. The molecule has 1 aromatic heterocycles. The minimum Gasteiger partial charge on any atom is -0.494 e. The molecule has 2 aromatic carbocycles. The monoisotopic (exact) mass is 337 g/mol. The normalized spacial score (nSPS) is 10.9. The molecule has 0 spiro atoms. The van der Waals surface area contributed by atoms with Crippen molar-refractivity contribution in [3.8, 4) is 17.1 Å². The lowest BCUT2D eigenvalue weighted by molar-refractivity contribution is 0.305. The molecule has 2 N–H and O–H groups in total. The molecule has 3 rings (SSSR count). The number of ether oxygens (including phenoxy) is 1. The summed E-state index contributed by atoms with van der Waals surface area (Å²) in [6, 6.07) is 16.6. The van der Waals surface area contributed by atoms with E-state index in [-0.39, 0.29) is 5.43 Å². The van der Waals surface area contributed by atoms with Crippen molar-refractivity contribution in [1.82, 2.24) is 0 Å². The van der Waals surface area contributed by atoms with Crippen molar-refractivity contribution >= 4 is 11.0 Å². The summed E-state index contributed by atoms with van der Waals surface area (Å²) in [5.41, 5.74) is 6.88. The Balaban J connectivity index is 1.73. The number of benzene rings is 2. The molecule has 0 saturated heterocycles. The molecule has 0 bridgehead atoms. The molecule has 25 heavy (non-hydrogen) atoms. The second-order valence-electron chi connectivity index (χ2n) is 6.05. The van der Waals surface area contributed by atoms with E-state index in [1.54, 1.807) is 12.1 Å². The molecule has 130 valence electrons. The Morgan fingerprint density at radius 3 is 2.52 bits per heavy atom. The zero-order valence-electron chi connectivity index (χ0n) is 14.2. The molecule has 0 radical (unpaired) electrons. The molecule has 0 unspecified atom stereocenters. The van der Waals surface area contributed by atoms with Crippen molar-refractivity contribution in [3.63, 3.8) is 0 Å². The van der Waals surface area contributed by atoms with Crippen LogP contribution in [-0.4, -0.2) is 13.2 Å². The van der Waals surface area contributed by atoms with Gasteiger partial charge < -0.3 is 14.9 Å². The fourth-order valence-corrected chi connectivity index (χ4v) is 2.76. The predicted octanol–water partition coefficient (Wildman–Crippen LogP) is 4.36. The Labute approximate surface area is 147 Å². The molecule has 0 aliphatic carbocycles. The Morgan fingerprint density at radius 1 is 0.920 bits per heavy atom. The van der Waals surface area contributed by atoms with Crippen LogP contribution < -0.4 is 15.9 Å². The molecule has 3 aromatic rings. The Bertz CT molecular complexity index is 871. The highest BCUT2D eigenvalue weighted by molar-refractivity contribution is 5.80. The smallest absolute Gasteiger partial charge is 0.193 e. The van der Waals surface area contributed by atoms with Crippen LogP contribution in [0.1, 0.15) is 25.7 Å². The van der Waals surface area contributed by atoms with Crippen LogP contribution in [0.2, 0.25) is 0 Å². The van der Waals surface area contributed by atoms with Gasteiger partial charge in [-0.2, -0.15) is 0 Å². The van der Waals surface area contributed by atoms with Crippen LogP contribution in [0, 0.1) is 0 Å². The highest BCUT2D eigenvalue weighted by atomic mass is 16.5. The van der Waals surface area contributed by atoms with E-state index in [1.807, 2.05) is 36.4 Å². The Hall–Kier alpha value is -2.59. The fourth-order valence-electron chi connectivity index (χ4n) is 2.76. The number of hydrogen-bond acceptors (Lipinski definition) is 4. The topological polar surface area (TPSA) is 65.5 Å². The standard InChI is InChI=1S/C21H23NO3/c22-12-6-1-2-7-13-24-17-10-11-20-18(14-17)19(23)15-21(25-20)16-8-4-3-5-9-16/h3-5,8-11,14-15H,1-2,6-7,12-13,22H2. The van der Waals surface area contributed by atoms with Gasteiger partial charge >= 0.3 is 0 Å². The highest BCUT2D eigenvalue weighted by Gasteiger charge is 2.08. The first kappa shape index (κ1) is 17.2. The lowest BCUT2D eigenvalue weighted by Crippen LogP contribution is -2.03. The van der Waals surface area contributed by atoms with E-state index in [0.29, 0.717) is 29.1 Å². The molecule has 4 heteroatoms. The minimum atomic E-state index is -0.0616. The fraction of sp³-hybridized carbons (Fsp3) is 0.286. The third-order valence-electron chi connectivity index (χ3n) is 4.12. The van der Waals surface area contributed by atoms with Crippen molar-refractivity contribution in [2.75, 3.05) is 13.2 Å². The maximum absolute atomic E-state index is 12.4. The molecule has 0 saturated carbocycles. The van der Waals surface area contributed by atoms with Gasteiger partial charge in [-0.3, -0.25) is 4.79 Å². The molecule has 0 amide bonds. The molecule has 0 aliphatic heterocycles.